The van der Waals surface area contributed by atoms with Crippen molar-refractivity contribution in [2.24, 2.45) is 5.92 Å². The molecule has 0 saturated carbocycles. The zero-order valence-electron chi connectivity index (χ0n) is 20.3. The maximum atomic E-state index is 14.3. The number of nitrogens with one attached hydrogen (secondary N) is 4. The van der Waals surface area contributed by atoms with Crippen LogP contribution in [-0.2, 0) is 11.2 Å². The van der Waals surface area contributed by atoms with Gasteiger partial charge in [-0.25, -0.2) is 14.2 Å². The van der Waals surface area contributed by atoms with Crippen LogP contribution in [0.2, 0.25) is 0 Å². The molecule has 4 aromatic rings. The molecule has 10 heteroatoms. The Balaban J connectivity index is 1.62. The molecule has 1 amide bonds. The predicted molar refractivity (Wildman–Crippen MR) is 135 cm³/mol. The van der Waals surface area contributed by atoms with Gasteiger partial charge in [0.05, 0.1) is 7.11 Å². The number of aromatic amines is 3. The number of carbonyl (C=O) groups excluding carboxylic acids is 1. The maximum Gasteiger partial charge on any atom is 0.327 e. The number of ether oxygens (including phenoxy) is 1. The number of rotatable bonds is 9. The summed E-state index contributed by atoms with van der Waals surface area (Å²) in [6, 6.07) is 12.1. The van der Waals surface area contributed by atoms with Gasteiger partial charge in [0.1, 0.15) is 22.9 Å². The number of aromatic nitrogens is 4. The van der Waals surface area contributed by atoms with Crippen LogP contribution in [0.1, 0.15) is 49.6 Å². The lowest BCUT2D eigenvalue weighted by atomic mass is 9.83. The van der Waals surface area contributed by atoms with Gasteiger partial charge in [-0.05, 0) is 66.6 Å². The molecule has 0 bridgehead atoms. The zero-order chi connectivity index (χ0) is 25.8. The topological polar surface area (TPSA) is 133 Å². The minimum absolute atomic E-state index is 0.0386. The van der Waals surface area contributed by atoms with E-state index in [0.29, 0.717) is 35.7 Å². The standard InChI is InChI=1S/C26H28FN5O4/c1-14(5-4-6-17-13-19(36-3)11-12-20(17)27)21(16-7-9-18(10-8-16)28-15(2)33)23-29-22-24(30-23)31-26(35)32-25(22)34/h7-14,21H,4-6H2,1-3H3,(H,28,33)(H3,29,30,31,32,34,35). The number of aryl methyl sites for hydroxylation is 1. The average molecular weight is 494 g/mol. The fraction of sp³-hybridized carbons (Fsp3) is 0.308. The summed E-state index contributed by atoms with van der Waals surface area (Å²) in [7, 11) is 1.55. The second-order valence-corrected chi connectivity index (χ2v) is 8.86. The lowest BCUT2D eigenvalue weighted by Gasteiger charge is -2.23. The van der Waals surface area contributed by atoms with Crippen molar-refractivity contribution in [1.29, 1.82) is 0 Å². The van der Waals surface area contributed by atoms with Gasteiger partial charge in [0.25, 0.3) is 5.56 Å². The molecule has 0 aliphatic carbocycles. The van der Waals surface area contributed by atoms with E-state index in [2.05, 4.69) is 32.2 Å². The Morgan fingerprint density at radius 3 is 2.56 bits per heavy atom. The molecule has 0 aliphatic rings. The highest BCUT2D eigenvalue weighted by Crippen LogP contribution is 2.34. The number of hydrogen-bond acceptors (Lipinski definition) is 5. The summed E-state index contributed by atoms with van der Waals surface area (Å²) in [5, 5.41) is 2.75. The van der Waals surface area contributed by atoms with Crippen molar-refractivity contribution in [3.05, 3.63) is 86.1 Å². The molecular weight excluding hydrogens is 465 g/mol. The minimum atomic E-state index is -0.630. The van der Waals surface area contributed by atoms with Crippen LogP contribution in [0, 0.1) is 11.7 Å². The maximum absolute atomic E-state index is 14.3. The van der Waals surface area contributed by atoms with E-state index in [1.807, 2.05) is 12.1 Å². The van der Waals surface area contributed by atoms with Crippen molar-refractivity contribution in [2.45, 2.75) is 39.0 Å². The van der Waals surface area contributed by atoms with Crippen LogP contribution < -0.4 is 21.3 Å². The van der Waals surface area contributed by atoms with E-state index in [1.165, 1.54) is 13.0 Å². The van der Waals surface area contributed by atoms with Gasteiger partial charge in [-0.2, -0.15) is 0 Å². The SMILES string of the molecule is COc1ccc(F)c(CCCC(C)C(c2ccc(NC(C)=O)cc2)c2nc3[nH]c(=O)[nH]c(=O)c3[nH]2)c1. The molecule has 4 N–H and O–H groups in total. The molecule has 2 aromatic heterocycles. The minimum Gasteiger partial charge on any atom is -0.497 e. The Labute approximate surface area is 206 Å². The first kappa shape index (κ1) is 24.9. The van der Waals surface area contributed by atoms with Gasteiger partial charge in [0.15, 0.2) is 5.65 Å². The molecule has 0 aliphatic heterocycles. The first-order chi connectivity index (χ1) is 17.2. The Bertz CT molecular complexity index is 1490. The molecule has 9 nitrogen and oxygen atoms in total. The number of hydrogen-bond donors (Lipinski definition) is 4. The highest BCUT2D eigenvalue weighted by molar-refractivity contribution is 5.88. The number of fused-ring (bicyclic) bond motifs is 1. The fourth-order valence-electron chi connectivity index (χ4n) is 4.48. The number of nitrogens with zero attached hydrogens (tertiary/aromatic N) is 1. The Morgan fingerprint density at radius 2 is 1.86 bits per heavy atom. The number of carbonyl (C=O) groups is 1. The molecule has 2 unspecified atom stereocenters. The van der Waals surface area contributed by atoms with Crippen LogP contribution in [0.25, 0.3) is 11.2 Å². The molecule has 36 heavy (non-hydrogen) atoms. The van der Waals surface area contributed by atoms with E-state index in [-0.39, 0.29) is 34.7 Å². The number of benzene rings is 2. The van der Waals surface area contributed by atoms with Crippen molar-refractivity contribution in [2.75, 3.05) is 12.4 Å². The molecule has 0 spiro atoms. The van der Waals surface area contributed by atoms with Gasteiger partial charge in [0, 0.05) is 18.5 Å². The zero-order valence-corrected chi connectivity index (χ0v) is 20.3. The van der Waals surface area contributed by atoms with Gasteiger partial charge in [0.2, 0.25) is 5.91 Å². The quantitative estimate of drug-likeness (QED) is 0.281. The molecule has 0 radical (unpaired) electrons. The highest BCUT2D eigenvalue weighted by Gasteiger charge is 2.25. The first-order valence-electron chi connectivity index (χ1n) is 11.7. The number of anilines is 1. The summed E-state index contributed by atoms with van der Waals surface area (Å²) in [5.74, 6) is 0.494. The van der Waals surface area contributed by atoms with Gasteiger partial charge >= 0.3 is 5.69 Å². The molecule has 2 aromatic carbocycles. The lowest BCUT2D eigenvalue weighted by molar-refractivity contribution is -0.114. The number of halogens is 1. The molecule has 188 valence electrons. The third-order valence-corrected chi connectivity index (χ3v) is 6.22. The molecule has 2 atom stereocenters. The van der Waals surface area contributed by atoms with Crippen molar-refractivity contribution < 1.29 is 13.9 Å². The monoisotopic (exact) mass is 493 g/mol. The van der Waals surface area contributed by atoms with Crippen molar-refractivity contribution in [1.82, 2.24) is 19.9 Å². The Hall–Kier alpha value is -4.21. The summed E-state index contributed by atoms with van der Waals surface area (Å²) in [6.45, 7) is 3.51. The third-order valence-electron chi connectivity index (χ3n) is 6.22. The van der Waals surface area contributed by atoms with Crippen LogP contribution >= 0.6 is 0 Å². The van der Waals surface area contributed by atoms with Gasteiger partial charge in [-0.15, -0.1) is 0 Å². The summed E-state index contributed by atoms with van der Waals surface area (Å²) >= 11 is 0. The number of amides is 1. The second-order valence-electron chi connectivity index (χ2n) is 8.86. The van der Waals surface area contributed by atoms with Crippen LogP contribution in [0.15, 0.2) is 52.1 Å². The number of imidazole rings is 1. The fourth-order valence-corrected chi connectivity index (χ4v) is 4.48. The third kappa shape index (κ3) is 5.54. The molecular formula is C26H28FN5O4. The van der Waals surface area contributed by atoms with E-state index in [0.717, 1.165) is 12.0 Å². The largest absolute Gasteiger partial charge is 0.497 e. The normalized spacial score (nSPS) is 12.9. The lowest BCUT2D eigenvalue weighted by Crippen LogP contribution is -2.21. The van der Waals surface area contributed by atoms with E-state index in [1.54, 1.807) is 31.4 Å². The van der Waals surface area contributed by atoms with Gasteiger partial charge in [-0.3, -0.25) is 19.6 Å². The van der Waals surface area contributed by atoms with E-state index in [9.17, 15) is 18.8 Å². The first-order valence-corrected chi connectivity index (χ1v) is 11.7. The van der Waals surface area contributed by atoms with Crippen molar-refractivity contribution in [3.63, 3.8) is 0 Å². The van der Waals surface area contributed by atoms with Gasteiger partial charge < -0.3 is 15.0 Å². The van der Waals surface area contributed by atoms with Crippen molar-refractivity contribution >= 4 is 22.8 Å². The van der Waals surface area contributed by atoms with Crippen LogP contribution in [0.3, 0.4) is 0 Å². The molecule has 4 rings (SSSR count). The summed E-state index contributed by atoms with van der Waals surface area (Å²) in [4.78, 5) is 47.8. The average Bonchev–Trinajstić information content (AvgIpc) is 3.25. The number of methoxy groups -OCH3 is 1. The summed E-state index contributed by atoms with van der Waals surface area (Å²) < 4.78 is 19.5. The summed E-state index contributed by atoms with van der Waals surface area (Å²) in [5.41, 5.74) is 1.37. The van der Waals surface area contributed by atoms with Crippen molar-refractivity contribution in [3.8, 4) is 5.75 Å². The predicted octanol–water partition coefficient (Wildman–Crippen LogP) is 3.84. The molecule has 0 saturated heterocycles. The van der Waals surface area contributed by atoms with Crippen LogP contribution in [0.5, 0.6) is 5.75 Å². The molecule has 0 fully saturated rings. The summed E-state index contributed by atoms with van der Waals surface area (Å²) in [6.07, 6.45) is 1.98. The van der Waals surface area contributed by atoms with Crippen LogP contribution in [-0.4, -0.2) is 33.0 Å². The van der Waals surface area contributed by atoms with E-state index in [4.69, 9.17) is 4.74 Å². The van der Waals surface area contributed by atoms with E-state index >= 15 is 0 Å². The number of H-pyrrole nitrogens is 3. The Morgan fingerprint density at radius 1 is 1.11 bits per heavy atom. The highest BCUT2D eigenvalue weighted by atomic mass is 19.1. The molecule has 2 heterocycles. The Kier molecular flexibility index (Phi) is 7.33. The second kappa shape index (κ2) is 10.6. The van der Waals surface area contributed by atoms with E-state index < -0.39 is 11.2 Å². The van der Waals surface area contributed by atoms with Crippen LogP contribution in [0.4, 0.5) is 10.1 Å². The van der Waals surface area contributed by atoms with Gasteiger partial charge in [-0.1, -0.05) is 19.1 Å². The smallest absolute Gasteiger partial charge is 0.327 e.